The maximum absolute atomic E-state index is 12.0. The summed E-state index contributed by atoms with van der Waals surface area (Å²) < 4.78 is 7.44. The molecule has 0 N–H and O–H groups in total. The van der Waals surface area contributed by atoms with Crippen molar-refractivity contribution in [2.24, 2.45) is 18.9 Å². The summed E-state index contributed by atoms with van der Waals surface area (Å²) in [5, 5.41) is 0. The molecule has 2 unspecified atom stereocenters. The number of hydrogen-bond acceptors (Lipinski definition) is 4. The van der Waals surface area contributed by atoms with Crippen LogP contribution in [0.2, 0.25) is 0 Å². The monoisotopic (exact) mass is 364 g/mol. The molecule has 1 heterocycles. The fraction of sp³-hybridized carbons (Fsp3) is 0.762. The predicted octanol–water partition coefficient (Wildman–Crippen LogP) is 4.49. The van der Waals surface area contributed by atoms with Gasteiger partial charge in [0.1, 0.15) is 6.29 Å². The normalized spacial score (nSPS) is 13.3. The van der Waals surface area contributed by atoms with Crippen molar-refractivity contribution in [1.82, 2.24) is 9.55 Å². The number of carbonyl (C=O) groups is 2. The van der Waals surface area contributed by atoms with Crippen molar-refractivity contribution < 1.29 is 14.3 Å². The van der Waals surface area contributed by atoms with E-state index in [0.29, 0.717) is 19.4 Å². The molecule has 1 aromatic heterocycles. The Labute approximate surface area is 158 Å². The van der Waals surface area contributed by atoms with Crippen LogP contribution in [0.25, 0.3) is 0 Å². The number of aryl methyl sites for hydroxylation is 1. The largest absolute Gasteiger partial charge is 0.465 e. The van der Waals surface area contributed by atoms with E-state index in [0.717, 1.165) is 31.2 Å². The zero-order valence-corrected chi connectivity index (χ0v) is 16.8. The van der Waals surface area contributed by atoms with Crippen molar-refractivity contribution >= 4 is 12.3 Å². The van der Waals surface area contributed by atoms with Gasteiger partial charge >= 0.3 is 5.97 Å². The van der Waals surface area contributed by atoms with Gasteiger partial charge < -0.3 is 14.1 Å². The second kappa shape index (κ2) is 13.5. The number of ether oxygens (including phenoxy) is 1. The van der Waals surface area contributed by atoms with Crippen molar-refractivity contribution in [1.29, 1.82) is 0 Å². The molecule has 0 radical (unpaired) electrons. The van der Waals surface area contributed by atoms with Gasteiger partial charge in [-0.05, 0) is 19.3 Å². The Kier molecular flexibility index (Phi) is 11.7. The molecule has 0 saturated heterocycles. The molecule has 0 aromatic carbocycles. The number of aromatic nitrogens is 2. The van der Waals surface area contributed by atoms with E-state index in [1.54, 1.807) is 6.33 Å². The number of rotatable bonds is 15. The maximum Gasteiger partial charge on any atom is 0.305 e. The fourth-order valence-corrected chi connectivity index (χ4v) is 3.22. The summed E-state index contributed by atoms with van der Waals surface area (Å²) >= 11 is 0. The number of nitrogens with zero attached hydrogens (tertiary/aromatic N) is 2. The van der Waals surface area contributed by atoms with Crippen LogP contribution in [-0.4, -0.2) is 28.4 Å². The molecule has 0 aliphatic carbocycles. The lowest BCUT2D eigenvalue weighted by atomic mass is 9.88. The van der Waals surface area contributed by atoms with E-state index in [-0.39, 0.29) is 17.8 Å². The van der Waals surface area contributed by atoms with Gasteiger partial charge in [0.15, 0.2) is 0 Å². The molecule has 5 heteroatoms. The molecule has 26 heavy (non-hydrogen) atoms. The van der Waals surface area contributed by atoms with E-state index >= 15 is 0 Å². The molecule has 5 nitrogen and oxygen atoms in total. The highest BCUT2D eigenvalue weighted by Crippen LogP contribution is 2.20. The molecule has 0 aliphatic rings. The van der Waals surface area contributed by atoms with Gasteiger partial charge in [0.05, 0.1) is 12.9 Å². The van der Waals surface area contributed by atoms with Gasteiger partial charge in [-0.15, -0.1) is 0 Å². The molecule has 1 rings (SSSR count). The van der Waals surface area contributed by atoms with E-state index in [9.17, 15) is 9.59 Å². The Morgan fingerprint density at radius 2 is 1.88 bits per heavy atom. The summed E-state index contributed by atoms with van der Waals surface area (Å²) in [6.45, 7) is 4.51. The number of esters is 1. The molecule has 0 aliphatic heterocycles. The van der Waals surface area contributed by atoms with E-state index in [4.69, 9.17) is 4.74 Å². The lowest BCUT2D eigenvalue weighted by molar-refractivity contribution is -0.146. The first-order valence-electron chi connectivity index (χ1n) is 10.2. The van der Waals surface area contributed by atoms with Crippen molar-refractivity contribution in [3.05, 3.63) is 18.2 Å². The van der Waals surface area contributed by atoms with Gasteiger partial charge in [0.25, 0.3) is 0 Å². The summed E-state index contributed by atoms with van der Waals surface area (Å²) in [7, 11) is 1.94. The number of hydrogen-bond donors (Lipinski definition) is 0. The van der Waals surface area contributed by atoms with Crippen molar-refractivity contribution in [3.63, 3.8) is 0 Å². The number of imidazole rings is 1. The number of aldehydes is 1. The standard InChI is InChI=1S/C21H36N2O3/c1-4-6-7-8-9-10-11-12-21(25)26-16-19(18(5-2)15-24)13-20-14-22-17-23(20)3/h14-15,17-19H,4-13,16H2,1-3H3. The first-order valence-corrected chi connectivity index (χ1v) is 10.2. The van der Waals surface area contributed by atoms with Crippen molar-refractivity contribution in [2.75, 3.05) is 6.61 Å². The third kappa shape index (κ3) is 8.63. The highest BCUT2D eigenvalue weighted by atomic mass is 16.5. The molecule has 0 amide bonds. The summed E-state index contributed by atoms with van der Waals surface area (Å²) in [5.41, 5.74) is 1.05. The average Bonchev–Trinajstić information content (AvgIpc) is 3.04. The van der Waals surface area contributed by atoms with Crippen LogP contribution < -0.4 is 0 Å². The topological polar surface area (TPSA) is 61.2 Å². The van der Waals surface area contributed by atoms with Gasteiger partial charge in [-0.1, -0.05) is 52.4 Å². The Morgan fingerprint density at radius 3 is 2.46 bits per heavy atom. The Balaban J connectivity index is 2.34. The molecule has 0 bridgehead atoms. The fourth-order valence-electron chi connectivity index (χ4n) is 3.22. The molecule has 148 valence electrons. The van der Waals surface area contributed by atoms with Crippen molar-refractivity contribution in [2.45, 2.75) is 78.1 Å². The summed E-state index contributed by atoms with van der Waals surface area (Å²) in [5.74, 6) is -0.239. The van der Waals surface area contributed by atoms with Gasteiger partial charge in [-0.3, -0.25) is 4.79 Å². The minimum absolute atomic E-state index is 0.00546. The second-order valence-corrected chi connectivity index (χ2v) is 7.22. The van der Waals surface area contributed by atoms with E-state index in [1.807, 2.05) is 24.7 Å². The second-order valence-electron chi connectivity index (χ2n) is 7.22. The van der Waals surface area contributed by atoms with Gasteiger partial charge in [-0.2, -0.15) is 0 Å². The van der Waals surface area contributed by atoms with Crippen LogP contribution in [-0.2, 0) is 27.8 Å². The quantitative estimate of drug-likeness (QED) is 0.261. The number of unbranched alkanes of at least 4 members (excludes halogenated alkanes) is 6. The third-order valence-electron chi connectivity index (χ3n) is 5.08. The molecule has 2 atom stereocenters. The van der Waals surface area contributed by atoms with Crippen molar-refractivity contribution in [3.8, 4) is 0 Å². The van der Waals surface area contributed by atoms with E-state index < -0.39 is 0 Å². The highest BCUT2D eigenvalue weighted by Gasteiger charge is 2.23. The summed E-state index contributed by atoms with van der Waals surface area (Å²) in [6, 6.07) is 0. The zero-order valence-electron chi connectivity index (χ0n) is 16.8. The molecule has 1 aromatic rings. The minimum Gasteiger partial charge on any atom is -0.465 e. The van der Waals surface area contributed by atoms with Crippen LogP contribution >= 0.6 is 0 Å². The lowest BCUT2D eigenvalue weighted by Gasteiger charge is -2.22. The third-order valence-corrected chi connectivity index (χ3v) is 5.08. The smallest absolute Gasteiger partial charge is 0.305 e. The van der Waals surface area contributed by atoms with Crippen LogP contribution in [0, 0.1) is 11.8 Å². The Bertz CT molecular complexity index is 513. The SMILES string of the molecule is CCCCCCCCCC(=O)OCC(Cc1cncn1C)C(C=O)CC. The molecular weight excluding hydrogens is 328 g/mol. The molecule has 0 saturated carbocycles. The molecule has 0 spiro atoms. The van der Waals surface area contributed by atoms with Crippen LogP contribution in [0.1, 0.15) is 77.3 Å². The summed E-state index contributed by atoms with van der Waals surface area (Å²) in [6.07, 6.45) is 14.8. The van der Waals surface area contributed by atoms with Crippen LogP contribution in [0.3, 0.4) is 0 Å². The van der Waals surface area contributed by atoms with E-state index in [1.165, 1.54) is 32.1 Å². The minimum atomic E-state index is -0.144. The van der Waals surface area contributed by atoms with Crippen LogP contribution in [0.5, 0.6) is 0 Å². The average molecular weight is 365 g/mol. The van der Waals surface area contributed by atoms with Gasteiger partial charge in [0.2, 0.25) is 0 Å². The number of carbonyl (C=O) groups excluding carboxylic acids is 2. The predicted molar refractivity (Wildman–Crippen MR) is 104 cm³/mol. The van der Waals surface area contributed by atoms with E-state index in [2.05, 4.69) is 11.9 Å². The summed E-state index contributed by atoms with van der Waals surface area (Å²) in [4.78, 5) is 27.5. The van der Waals surface area contributed by atoms with Gasteiger partial charge in [0, 0.05) is 37.2 Å². The zero-order chi connectivity index (χ0) is 19.2. The van der Waals surface area contributed by atoms with Crippen LogP contribution in [0.4, 0.5) is 0 Å². The van der Waals surface area contributed by atoms with Gasteiger partial charge in [-0.25, -0.2) is 4.98 Å². The maximum atomic E-state index is 12.0. The first kappa shape index (κ1) is 22.4. The molecular formula is C21H36N2O3. The Hall–Kier alpha value is -1.65. The lowest BCUT2D eigenvalue weighted by Crippen LogP contribution is -2.25. The highest BCUT2D eigenvalue weighted by molar-refractivity contribution is 5.69. The Morgan fingerprint density at radius 1 is 1.19 bits per heavy atom. The van der Waals surface area contributed by atoms with Crippen LogP contribution in [0.15, 0.2) is 12.5 Å². The first-order chi connectivity index (χ1) is 12.6. The molecule has 0 fully saturated rings.